The number of alkyl halides is 1. The largest absolute Gasteiger partial charge is 0.380 e. The lowest BCUT2D eigenvalue weighted by Crippen LogP contribution is -2.50. The van der Waals surface area contributed by atoms with Crippen molar-refractivity contribution in [2.75, 3.05) is 32.9 Å². The first-order chi connectivity index (χ1) is 6.27. The number of morpholine rings is 1. The van der Waals surface area contributed by atoms with Crippen molar-refractivity contribution in [1.29, 1.82) is 0 Å². The van der Waals surface area contributed by atoms with E-state index in [1.54, 1.807) is 0 Å². The second kappa shape index (κ2) is 4.10. The van der Waals surface area contributed by atoms with Gasteiger partial charge in [0.05, 0.1) is 32.3 Å². The van der Waals surface area contributed by atoms with Gasteiger partial charge in [0.2, 0.25) is 5.91 Å². The highest BCUT2D eigenvalue weighted by molar-refractivity contribution is 14.1. The molecule has 0 aliphatic carbocycles. The molecule has 74 valence electrons. The fraction of sp³-hybridized carbons (Fsp3) is 0.875. The van der Waals surface area contributed by atoms with Crippen molar-refractivity contribution in [3.05, 3.63) is 0 Å². The molecular weight excluding hydrogens is 285 g/mol. The molecule has 0 spiro atoms. The van der Waals surface area contributed by atoms with Crippen molar-refractivity contribution in [3.63, 3.8) is 0 Å². The Labute approximate surface area is 90.7 Å². The smallest absolute Gasteiger partial charge is 0.230 e. The number of carbonyl (C=O) groups is 1. The number of nitrogens with zero attached hydrogens (tertiary/aromatic N) is 1. The second-order valence-electron chi connectivity index (χ2n) is 3.30. The molecule has 0 saturated carbocycles. The Hall–Kier alpha value is 0.120. The molecular formula is C8H12INO3. The van der Waals surface area contributed by atoms with Crippen LogP contribution in [0.3, 0.4) is 0 Å². The van der Waals surface area contributed by atoms with Gasteiger partial charge in [-0.1, -0.05) is 0 Å². The second-order valence-corrected chi connectivity index (χ2v) is 4.69. The summed E-state index contributed by atoms with van der Waals surface area (Å²) in [5.41, 5.74) is 0. The molecule has 2 heterocycles. The zero-order valence-electron chi connectivity index (χ0n) is 7.24. The van der Waals surface area contributed by atoms with Crippen LogP contribution in [-0.2, 0) is 14.3 Å². The summed E-state index contributed by atoms with van der Waals surface area (Å²) in [4.78, 5) is 13.6. The molecule has 2 aliphatic heterocycles. The summed E-state index contributed by atoms with van der Waals surface area (Å²) in [6.07, 6.45) is 0. The molecule has 1 amide bonds. The Bertz CT molecular complexity index is 208. The van der Waals surface area contributed by atoms with Crippen LogP contribution < -0.4 is 0 Å². The molecule has 0 bridgehead atoms. The van der Waals surface area contributed by atoms with Gasteiger partial charge in [0, 0.05) is 6.54 Å². The topological polar surface area (TPSA) is 38.8 Å². The van der Waals surface area contributed by atoms with Crippen LogP contribution in [-0.4, -0.2) is 47.8 Å². The van der Waals surface area contributed by atoms with Gasteiger partial charge in [-0.05, 0) is 22.6 Å². The molecule has 5 heteroatoms. The van der Waals surface area contributed by atoms with Crippen LogP contribution >= 0.6 is 22.6 Å². The normalized spacial score (nSPS) is 29.9. The van der Waals surface area contributed by atoms with E-state index < -0.39 is 0 Å². The minimum Gasteiger partial charge on any atom is -0.380 e. The lowest BCUT2D eigenvalue weighted by molar-refractivity contribution is -0.154. The molecule has 2 aliphatic rings. The van der Waals surface area contributed by atoms with E-state index in [0.717, 1.165) is 13.1 Å². The Morgan fingerprint density at radius 3 is 2.77 bits per heavy atom. The molecule has 0 aromatic rings. The Balaban J connectivity index is 1.87. The number of carbonyl (C=O) groups excluding carboxylic acids is 1. The summed E-state index contributed by atoms with van der Waals surface area (Å²) >= 11 is 2.21. The molecule has 2 saturated heterocycles. The Kier molecular flexibility index (Phi) is 3.05. The lowest BCUT2D eigenvalue weighted by atomic mass is 10.1. The minimum absolute atomic E-state index is 0.113. The summed E-state index contributed by atoms with van der Waals surface area (Å²) in [7, 11) is 0. The van der Waals surface area contributed by atoms with Crippen molar-refractivity contribution in [2.45, 2.75) is 4.11 Å². The van der Waals surface area contributed by atoms with E-state index in [1.165, 1.54) is 0 Å². The average molecular weight is 297 g/mol. The molecule has 1 atom stereocenters. The molecule has 0 aromatic heterocycles. The SMILES string of the molecule is O=C(C1COC1)N1CCOC(I)C1. The Morgan fingerprint density at radius 1 is 1.46 bits per heavy atom. The van der Waals surface area contributed by atoms with Gasteiger partial charge in [-0.25, -0.2) is 0 Å². The van der Waals surface area contributed by atoms with Gasteiger partial charge >= 0.3 is 0 Å². The fourth-order valence-corrected chi connectivity index (χ4v) is 2.17. The molecule has 2 fully saturated rings. The highest BCUT2D eigenvalue weighted by atomic mass is 127. The number of halogens is 1. The van der Waals surface area contributed by atoms with Crippen molar-refractivity contribution in [3.8, 4) is 0 Å². The predicted molar refractivity (Wildman–Crippen MR) is 54.6 cm³/mol. The number of amides is 1. The van der Waals surface area contributed by atoms with E-state index in [0.29, 0.717) is 19.8 Å². The molecule has 0 N–H and O–H groups in total. The first kappa shape index (κ1) is 9.67. The highest BCUT2D eigenvalue weighted by Crippen LogP contribution is 2.17. The number of hydrogen-bond donors (Lipinski definition) is 0. The van der Waals surface area contributed by atoms with E-state index in [-0.39, 0.29) is 15.9 Å². The van der Waals surface area contributed by atoms with Crippen molar-refractivity contribution >= 4 is 28.5 Å². The van der Waals surface area contributed by atoms with Crippen molar-refractivity contribution in [2.24, 2.45) is 5.92 Å². The third-order valence-corrected chi connectivity index (χ3v) is 3.08. The molecule has 0 aromatic carbocycles. The standard InChI is InChI=1S/C8H12INO3/c9-7-3-10(1-2-13-7)8(11)6-4-12-5-6/h6-7H,1-5H2. The first-order valence-electron chi connectivity index (χ1n) is 4.39. The molecule has 1 unspecified atom stereocenters. The van der Waals surface area contributed by atoms with Crippen molar-refractivity contribution < 1.29 is 14.3 Å². The zero-order chi connectivity index (χ0) is 9.26. The highest BCUT2D eigenvalue weighted by Gasteiger charge is 2.32. The number of ether oxygens (including phenoxy) is 2. The third-order valence-electron chi connectivity index (χ3n) is 2.32. The van der Waals surface area contributed by atoms with Gasteiger partial charge in [0.25, 0.3) is 0 Å². The first-order valence-corrected chi connectivity index (χ1v) is 5.64. The van der Waals surface area contributed by atoms with Crippen LogP contribution in [0.1, 0.15) is 0 Å². The maximum absolute atomic E-state index is 11.7. The van der Waals surface area contributed by atoms with Gasteiger partial charge in [0.1, 0.15) is 4.11 Å². The summed E-state index contributed by atoms with van der Waals surface area (Å²) in [6, 6.07) is 0. The lowest BCUT2D eigenvalue weighted by Gasteiger charge is -2.35. The van der Waals surface area contributed by atoms with Crippen LogP contribution in [0.25, 0.3) is 0 Å². The molecule has 2 rings (SSSR count). The summed E-state index contributed by atoms with van der Waals surface area (Å²) in [5.74, 6) is 0.345. The number of rotatable bonds is 1. The zero-order valence-corrected chi connectivity index (χ0v) is 9.40. The molecule has 13 heavy (non-hydrogen) atoms. The van der Waals surface area contributed by atoms with E-state index >= 15 is 0 Å². The Morgan fingerprint density at radius 2 is 2.23 bits per heavy atom. The van der Waals surface area contributed by atoms with Gasteiger partial charge in [-0.3, -0.25) is 4.79 Å². The monoisotopic (exact) mass is 297 g/mol. The maximum atomic E-state index is 11.7. The molecule has 4 nitrogen and oxygen atoms in total. The fourth-order valence-electron chi connectivity index (χ4n) is 1.44. The van der Waals surface area contributed by atoms with Gasteiger partial charge in [-0.15, -0.1) is 0 Å². The van der Waals surface area contributed by atoms with Crippen LogP contribution in [0.4, 0.5) is 0 Å². The maximum Gasteiger partial charge on any atom is 0.230 e. The predicted octanol–water partition coefficient (Wildman–Crippen LogP) is 0.253. The summed E-state index contributed by atoms with van der Waals surface area (Å²) in [6.45, 7) is 3.31. The summed E-state index contributed by atoms with van der Waals surface area (Å²) < 4.78 is 10.5. The number of hydrogen-bond acceptors (Lipinski definition) is 3. The van der Waals surface area contributed by atoms with Crippen molar-refractivity contribution in [1.82, 2.24) is 4.90 Å². The quantitative estimate of drug-likeness (QED) is 0.514. The van der Waals surface area contributed by atoms with Crippen LogP contribution in [0.2, 0.25) is 0 Å². The van der Waals surface area contributed by atoms with Gasteiger partial charge in [-0.2, -0.15) is 0 Å². The van der Waals surface area contributed by atoms with Gasteiger partial charge < -0.3 is 14.4 Å². The van der Waals surface area contributed by atoms with E-state index in [2.05, 4.69) is 22.6 Å². The summed E-state index contributed by atoms with van der Waals surface area (Å²) in [5, 5.41) is 0. The van der Waals surface area contributed by atoms with E-state index in [4.69, 9.17) is 9.47 Å². The van der Waals surface area contributed by atoms with Crippen LogP contribution in [0.5, 0.6) is 0 Å². The third kappa shape index (κ3) is 2.13. The molecule has 0 radical (unpaired) electrons. The van der Waals surface area contributed by atoms with E-state index in [1.807, 2.05) is 4.90 Å². The van der Waals surface area contributed by atoms with E-state index in [9.17, 15) is 4.79 Å². The van der Waals surface area contributed by atoms with Crippen LogP contribution in [0, 0.1) is 5.92 Å². The van der Waals surface area contributed by atoms with Gasteiger partial charge in [0.15, 0.2) is 0 Å². The van der Waals surface area contributed by atoms with Crippen LogP contribution in [0.15, 0.2) is 0 Å². The average Bonchev–Trinajstić information content (AvgIpc) is 2.01. The minimum atomic E-state index is 0.113.